The largest absolute Gasteiger partial charge is 0.489 e. The molecule has 6 amide bonds. The van der Waals surface area contributed by atoms with Gasteiger partial charge in [0.05, 0.1) is 107 Å². The number of β-amino-alcohol motifs (C(OH)–C–C–N with tert-alkyl or cyclic N) is 3. The topological polar surface area (TPSA) is 370 Å². The van der Waals surface area contributed by atoms with Gasteiger partial charge in [-0.15, -0.1) is 0 Å². The van der Waals surface area contributed by atoms with E-state index in [1.165, 1.54) is 26.8 Å². The van der Waals surface area contributed by atoms with Gasteiger partial charge in [-0.05, 0) is 132 Å². The Morgan fingerprint density at radius 1 is 0.478 bits per heavy atom. The Kier molecular flexibility index (Phi) is 24.8. The van der Waals surface area contributed by atoms with Crippen LogP contribution < -0.4 is 61.6 Å². The summed E-state index contributed by atoms with van der Waals surface area (Å²) in [6.07, 6.45) is -0.693. The zero-order valence-electron chi connectivity index (χ0n) is 53.5. The summed E-state index contributed by atoms with van der Waals surface area (Å²) in [5, 5.41) is 40.2. The molecular formula is C62H88Br2ClN9O18. The number of halogens is 3. The van der Waals surface area contributed by atoms with Crippen LogP contribution in [-0.2, 0) is 14.2 Å². The van der Waals surface area contributed by atoms with Crippen LogP contribution in [0.25, 0.3) is 0 Å². The van der Waals surface area contributed by atoms with E-state index in [0.717, 1.165) is 0 Å². The van der Waals surface area contributed by atoms with Gasteiger partial charge in [-0.25, -0.2) is 14.4 Å². The Morgan fingerprint density at radius 3 is 1.07 bits per heavy atom. The highest BCUT2D eigenvalue weighted by atomic mass is 79.9. The normalized spacial score (nSPS) is 21.2. The number of benzene rings is 3. The average molecular weight is 1440 g/mol. The van der Waals surface area contributed by atoms with Gasteiger partial charge in [-0.1, -0.05) is 11.6 Å². The second kappa shape index (κ2) is 31.4. The molecule has 0 aromatic heterocycles. The number of nitrogen functional groups attached to an aromatic ring is 3. The van der Waals surface area contributed by atoms with Crippen molar-refractivity contribution in [1.29, 1.82) is 0 Å². The van der Waals surface area contributed by atoms with Crippen LogP contribution in [0, 0.1) is 17.8 Å². The van der Waals surface area contributed by atoms with Gasteiger partial charge in [0.2, 0.25) is 0 Å². The highest BCUT2D eigenvalue weighted by Gasteiger charge is 2.37. The molecule has 0 unspecified atom stereocenters. The number of fused-ring (bicyclic) bond motifs is 3. The van der Waals surface area contributed by atoms with Crippen LogP contribution in [0.4, 0.5) is 31.4 Å². The number of anilines is 3. The van der Waals surface area contributed by atoms with Crippen molar-refractivity contribution >= 4 is 96.5 Å². The van der Waals surface area contributed by atoms with Crippen molar-refractivity contribution < 1.29 is 86.7 Å². The molecule has 6 heterocycles. The molecule has 0 spiro atoms. The van der Waals surface area contributed by atoms with Crippen molar-refractivity contribution in [2.45, 2.75) is 130 Å². The van der Waals surface area contributed by atoms with Gasteiger partial charge in [-0.3, -0.25) is 14.4 Å². The number of amides is 6. The smallest absolute Gasteiger partial charge is 0.410 e. The third-order valence-electron chi connectivity index (χ3n) is 15.2. The number of likely N-dealkylation sites (tertiary alicyclic amines) is 3. The molecule has 6 aliphatic rings. The molecule has 0 saturated carbocycles. The summed E-state index contributed by atoms with van der Waals surface area (Å²) in [6, 6.07) is 4.55. The summed E-state index contributed by atoms with van der Waals surface area (Å²) in [5.41, 5.74) is 17.9. The fourth-order valence-corrected chi connectivity index (χ4v) is 11.4. The predicted octanol–water partition coefficient (Wildman–Crippen LogP) is 7.12. The molecule has 27 nitrogen and oxygen atoms in total. The van der Waals surface area contributed by atoms with Gasteiger partial charge in [0, 0.05) is 69.9 Å². The second-order valence-electron chi connectivity index (χ2n) is 26.0. The number of hydrogen-bond donors (Lipinski definition) is 9. The van der Waals surface area contributed by atoms with Crippen LogP contribution in [0.15, 0.2) is 27.1 Å². The Hall–Kier alpha value is -6.79. The lowest BCUT2D eigenvalue weighted by Crippen LogP contribution is -2.50. The Bertz CT molecular complexity index is 3020. The van der Waals surface area contributed by atoms with E-state index in [-0.39, 0.29) is 102 Å². The van der Waals surface area contributed by atoms with E-state index in [4.69, 9.17) is 71.4 Å². The first-order valence-corrected chi connectivity index (χ1v) is 32.6. The van der Waals surface area contributed by atoms with Crippen LogP contribution in [0.2, 0.25) is 5.02 Å². The molecule has 6 aliphatic heterocycles. The highest BCUT2D eigenvalue weighted by molar-refractivity contribution is 9.11. The number of nitrogens with two attached hydrogens (primary N) is 3. The number of aliphatic hydroxyl groups is 3. The number of carbonyl (C=O) groups is 6. The number of rotatable bonds is 9. The monoisotopic (exact) mass is 1440 g/mol. The van der Waals surface area contributed by atoms with Crippen molar-refractivity contribution in [2.24, 2.45) is 17.8 Å². The molecule has 3 saturated heterocycles. The minimum absolute atomic E-state index is 0.149. The first kappa shape index (κ1) is 72.6. The summed E-state index contributed by atoms with van der Waals surface area (Å²) in [4.78, 5) is 79.6. The predicted molar refractivity (Wildman–Crippen MR) is 348 cm³/mol. The SMILES string of the molecule is CC(C)(C)OC(=O)N1CC[C@@H](CNC(=O)c2cc(N)c(Br)c3c2OCCCO3)[C@H](O)C1.CC(C)(C)OC(=O)N1CC[C@@H](CNC(=O)c2cc(N)c(Br)c3c2OCCO3)[C@H](O)C1.CC(C)(C)OC(=O)N1CC[C@@H](CNC(=O)c2cc(N)c(Cl)c3c2OCCCO3)[C@H](O)C1. The molecule has 3 aromatic rings. The lowest BCUT2D eigenvalue weighted by atomic mass is 9.94. The van der Waals surface area contributed by atoms with Gasteiger partial charge >= 0.3 is 18.3 Å². The third kappa shape index (κ3) is 19.6. The molecule has 0 radical (unpaired) electrons. The quantitative estimate of drug-likeness (QED) is 0.0760. The van der Waals surface area contributed by atoms with Crippen molar-refractivity contribution in [3.8, 4) is 34.5 Å². The maximum Gasteiger partial charge on any atom is 0.410 e. The molecule has 9 rings (SSSR count). The van der Waals surface area contributed by atoms with Gasteiger partial charge < -0.3 is 106 Å². The van der Waals surface area contributed by atoms with E-state index < -0.39 is 59.3 Å². The molecule has 0 bridgehead atoms. The number of ether oxygens (including phenoxy) is 9. The number of aliphatic hydroxyl groups excluding tert-OH is 3. The first-order chi connectivity index (χ1) is 43.2. The fraction of sp³-hybridized carbons (Fsp3) is 0.613. The third-order valence-corrected chi connectivity index (χ3v) is 17.2. The van der Waals surface area contributed by atoms with E-state index in [1.54, 1.807) is 68.4 Å². The number of hydrogen-bond acceptors (Lipinski definition) is 21. The summed E-state index contributed by atoms with van der Waals surface area (Å²) in [6.45, 7) is 21.2. The van der Waals surface area contributed by atoms with E-state index >= 15 is 0 Å². The van der Waals surface area contributed by atoms with Crippen LogP contribution in [-0.4, -0.2) is 200 Å². The molecular weight excluding hydrogens is 1350 g/mol. The lowest BCUT2D eigenvalue weighted by Gasteiger charge is -2.36. The summed E-state index contributed by atoms with van der Waals surface area (Å²) >= 11 is 13.0. The van der Waals surface area contributed by atoms with Crippen molar-refractivity contribution in [3.05, 3.63) is 48.9 Å². The molecule has 6 atom stereocenters. The number of nitrogens with one attached hydrogen (secondary N) is 3. The summed E-state index contributed by atoms with van der Waals surface area (Å²) in [5.74, 6) is 0.390. The zero-order chi connectivity index (χ0) is 67.6. The van der Waals surface area contributed by atoms with Gasteiger partial charge in [0.15, 0.2) is 34.5 Å². The Morgan fingerprint density at radius 2 is 0.750 bits per heavy atom. The minimum atomic E-state index is -0.784. The van der Waals surface area contributed by atoms with E-state index in [2.05, 4.69) is 47.8 Å². The van der Waals surface area contributed by atoms with Gasteiger partial charge in [0.25, 0.3) is 17.7 Å². The maximum absolute atomic E-state index is 12.9. The van der Waals surface area contributed by atoms with Gasteiger partial charge in [-0.2, -0.15) is 0 Å². The fourth-order valence-electron chi connectivity index (χ4n) is 10.4. The van der Waals surface area contributed by atoms with Crippen LogP contribution >= 0.6 is 43.5 Å². The lowest BCUT2D eigenvalue weighted by molar-refractivity contribution is -0.0124. The van der Waals surface area contributed by atoms with Crippen LogP contribution in [0.1, 0.15) is 125 Å². The van der Waals surface area contributed by atoms with E-state index in [9.17, 15) is 44.1 Å². The Labute approximate surface area is 557 Å². The standard InChI is InChI=1S/C21H30BrN3O6.C21H30ClN3O6.C20H28BrN3O6/c2*1-21(2,3)31-20(28)25-6-5-12(15(26)11-25)10-24-19(27)13-9-14(23)16(22)18-17(13)29-7-4-8-30-18;1-20(2,3)30-19(27)24-5-4-11(14(25)10-24)9-23-18(26)12-8-13(22)15(21)17-16(12)28-6-7-29-17/h2*9,12,15,26H,4-8,10-11,23H2,1-3H3,(H,24,27);8,11,14,25H,4-7,9-10,22H2,1-3H3,(H,23,26)/t2*12-,15+;11-,14+/m000/s1. The molecule has 30 heteroatoms. The summed E-state index contributed by atoms with van der Waals surface area (Å²) in [7, 11) is 0. The molecule has 3 aromatic carbocycles. The molecule has 12 N–H and O–H groups in total. The van der Waals surface area contributed by atoms with E-state index in [0.29, 0.717) is 140 Å². The van der Waals surface area contributed by atoms with Crippen molar-refractivity contribution in [2.75, 3.05) is 116 Å². The summed E-state index contributed by atoms with van der Waals surface area (Å²) < 4.78 is 51.2. The second-order valence-corrected chi connectivity index (χ2v) is 28.0. The maximum atomic E-state index is 12.9. The number of carbonyl (C=O) groups excluding carboxylic acids is 6. The van der Waals surface area contributed by atoms with E-state index in [1.807, 2.05) is 0 Å². The number of nitrogens with zero attached hydrogens (tertiary/aromatic N) is 3. The Balaban J connectivity index is 0.000000196. The van der Waals surface area contributed by atoms with Crippen LogP contribution in [0.3, 0.4) is 0 Å². The van der Waals surface area contributed by atoms with Crippen LogP contribution in [0.5, 0.6) is 34.5 Å². The molecule has 3 fully saturated rings. The highest BCUT2D eigenvalue weighted by Crippen LogP contribution is 2.46. The first-order valence-electron chi connectivity index (χ1n) is 30.6. The average Bonchev–Trinajstić information content (AvgIpc) is 1.07. The molecule has 510 valence electrons. The zero-order valence-corrected chi connectivity index (χ0v) is 57.4. The molecule has 92 heavy (non-hydrogen) atoms. The number of piperidine rings is 3. The van der Waals surface area contributed by atoms with Gasteiger partial charge in [0.1, 0.15) is 35.0 Å². The van der Waals surface area contributed by atoms with Crippen molar-refractivity contribution in [1.82, 2.24) is 30.7 Å². The minimum Gasteiger partial charge on any atom is -0.489 e. The molecule has 0 aliphatic carbocycles. The van der Waals surface area contributed by atoms with Crippen molar-refractivity contribution in [3.63, 3.8) is 0 Å².